The average molecular weight is 179 g/mol. The van der Waals surface area contributed by atoms with Gasteiger partial charge < -0.3 is 5.11 Å². The van der Waals surface area contributed by atoms with Gasteiger partial charge in [-0.15, -0.1) is 0 Å². The monoisotopic (exact) mass is 179 g/mol. The zero-order chi connectivity index (χ0) is 7.56. The molecule has 1 heterocycles. The third-order valence-electron chi connectivity index (χ3n) is 0.920. The summed E-state index contributed by atoms with van der Waals surface area (Å²) in [5, 5.41) is 18.7. The second-order valence-corrected chi connectivity index (χ2v) is 1.66. The first-order valence-corrected chi connectivity index (χ1v) is 2.48. The molecule has 0 unspecified atom stereocenters. The van der Waals surface area contributed by atoms with E-state index < -0.39 is 4.92 Å². The van der Waals surface area contributed by atoms with Crippen LogP contribution in [0.15, 0.2) is 18.5 Å². The molecule has 6 heteroatoms. The molecule has 1 aromatic heterocycles. The molecule has 1 radical (unpaired) electrons. The van der Waals surface area contributed by atoms with Crippen LogP contribution in [0, 0.1) is 10.1 Å². The molecule has 1 N–H and O–H groups in total. The van der Waals surface area contributed by atoms with Crippen molar-refractivity contribution in [1.82, 2.24) is 4.98 Å². The predicted octanol–water partition coefficient (Wildman–Crippen LogP) is 0.315. The SMILES string of the molecule is O=[N+]([O-])c1cncc(O)c1.[K]. The van der Waals surface area contributed by atoms with E-state index in [1.54, 1.807) is 0 Å². The smallest absolute Gasteiger partial charge is 0.291 e. The van der Waals surface area contributed by atoms with Gasteiger partial charge in [-0.25, -0.2) is 0 Å². The number of hydrogen-bond donors (Lipinski definition) is 1. The molecule has 0 bridgehead atoms. The van der Waals surface area contributed by atoms with Crippen LogP contribution in [0.3, 0.4) is 0 Å². The fourth-order valence-corrected chi connectivity index (χ4v) is 0.516. The summed E-state index contributed by atoms with van der Waals surface area (Å²) in [5.74, 6) is -0.200. The Bertz CT molecular complexity index is 266. The standard InChI is InChI=1S/C5H4N2O3.K/c8-5-1-4(7(9)10)2-6-3-5;/h1-3,8H;. The molecule has 0 aliphatic rings. The van der Waals surface area contributed by atoms with E-state index in [2.05, 4.69) is 4.98 Å². The van der Waals surface area contributed by atoms with E-state index in [0.29, 0.717) is 0 Å². The molecule has 0 saturated heterocycles. The van der Waals surface area contributed by atoms with Gasteiger partial charge in [-0.05, 0) is 0 Å². The Morgan fingerprint density at radius 1 is 1.55 bits per heavy atom. The van der Waals surface area contributed by atoms with Crippen molar-refractivity contribution in [2.75, 3.05) is 0 Å². The van der Waals surface area contributed by atoms with Crippen LogP contribution in [0.5, 0.6) is 5.75 Å². The van der Waals surface area contributed by atoms with Crippen molar-refractivity contribution in [3.63, 3.8) is 0 Å². The van der Waals surface area contributed by atoms with E-state index in [1.807, 2.05) is 0 Å². The van der Waals surface area contributed by atoms with Gasteiger partial charge in [-0.1, -0.05) is 0 Å². The van der Waals surface area contributed by atoms with Gasteiger partial charge in [0.2, 0.25) is 0 Å². The van der Waals surface area contributed by atoms with Gasteiger partial charge in [0.1, 0.15) is 11.9 Å². The van der Waals surface area contributed by atoms with Crippen LogP contribution in [-0.2, 0) is 0 Å². The maximum atomic E-state index is 10.0. The number of aromatic nitrogens is 1. The van der Waals surface area contributed by atoms with Gasteiger partial charge >= 0.3 is 0 Å². The second kappa shape index (κ2) is 4.78. The van der Waals surface area contributed by atoms with E-state index in [4.69, 9.17) is 5.11 Å². The van der Waals surface area contributed by atoms with Crippen LogP contribution >= 0.6 is 0 Å². The Labute approximate surface area is 105 Å². The minimum Gasteiger partial charge on any atom is -0.506 e. The molecule has 0 aliphatic heterocycles. The summed E-state index contributed by atoms with van der Waals surface area (Å²) in [6.45, 7) is 0. The van der Waals surface area contributed by atoms with Crippen molar-refractivity contribution >= 4 is 57.1 Å². The molecule has 0 aromatic carbocycles. The summed E-state index contributed by atoms with van der Waals surface area (Å²) >= 11 is 0. The first-order valence-electron chi connectivity index (χ1n) is 2.48. The molecule has 0 atom stereocenters. The number of aromatic hydroxyl groups is 1. The molecule has 5 nitrogen and oxygen atoms in total. The largest absolute Gasteiger partial charge is 0.506 e. The molecular formula is C5H4KN2O3. The van der Waals surface area contributed by atoms with E-state index >= 15 is 0 Å². The Morgan fingerprint density at radius 3 is 2.55 bits per heavy atom. The van der Waals surface area contributed by atoms with Crippen LogP contribution in [-0.4, -0.2) is 66.4 Å². The van der Waals surface area contributed by atoms with Crippen molar-refractivity contribution in [2.45, 2.75) is 0 Å². The molecular weight excluding hydrogens is 175 g/mol. The second-order valence-electron chi connectivity index (χ2n) is 1.66. The number of pyridine rings is 1. The van der Waals surface area contributed by atoms with Crippen molar-refractivity contribution in [2.24, 2.45) is 0 Å². The molecule has 0 spiro atoms. The topological polar surface area (TPSA) is 76.3 Å². The summed E-state index contributed by atoms with van der Waals surface area (Å²) in [7, 11) is 0. The van der Waals surface area contributed by atoms with Gasteiger partial charge in [-0.2, -0.15) is 0 Å². The number of rotatable bonds is 1. The molecule has 1 aromatic rings. The molecule has 53 valence electrons. The number of nitrogens with zero attached hydrogens (tertiary/aromatic N) is 2. The number of hydrogen-bond acceptors (Lipinski definition) is 4. The van der Waals surface area contributed by atoms with Gasteiger partial charge in [0.25, 0.3) is 5.69 Å². The molecule has 0 fully saturated rings. The fraction of sp³-hybridized carbons (Fsp3) is 0. The zero-order valence-electron chi connectivity index (χ0n) is 5.89. The number of nitro groups is 1. The van der Waals surface area contributed by atoms with Crippen molar-refractivity contribution < 1.29 is 10.0 Å². The molecule has 0 amide bonds. The van der Waals surface area contributed by atoms with Crippen molar-refractivity contribution in [3.05, 3.63) is 28.6 Å². The van der Waals surface area contributed by atoms with Crippen LogP contribution in [0.25, 0.3) is 0 Å². The molecule has 1 rings (SSSR count). The van der Waals surface area contributed by atoms with Gasteiger partial charge in [0, 0.05) is 51.4 Å². The van der Waals surface area contributed by atoms with Crippen molar-refractivity contribution in [1.29, 1.82) is 0 Å². The predicted molar refractivity (Wildman–Crippen MR) is 38.3 cm³/mol. The molecule has 0 aliphatic carbocycles. The minimum absolute atomic E-state index is 0. The van der Waals surface area contributed by atoms with Gasteiger partial charge in [-0.3, -0.25) is 15.1 Å². The normalized spacial score (nSPS) is 8.36. The van der Waals surface area contributed by atoms with E-state index in [1.165, 1.54) is 0 Å². The maximum Gasteiger partial charge on any atom is 0.291 e. The Balaban J connectivity index is 0.000001000. The van der Waals surface area contributed by atoms with E-state index in [9.17, 15) is 10.1 Å². The Kier molecular flexibility index (Phi) is 4.78. The van der Waals surface area contributed by atoms with Crippen molar-refractivity contribution in [3.8, 4) is 5.75 Å². The van der Waals surface area contributed by atoms with Gasteiger partial charge in [0.15, 0.2) is 0 Å². The maximum absolute atomic E-state index is 10.0. The minimum atomic E-state index is -0.618. The third kappa shape index (κ3) is 3.26. The first kappa shape index (κ1) is 11.0. The fourth-order valence-electron chi connectivity index (χ4n) is 0.516. The van der Waals surface area contributed by atoms with Crippen LogP contribution in [0.1, 0.15) is 0 Å². The van der Waals surface area contributed by atoms with E-state index in [-0.39, 0.29) is 62.8 Å². The van der Waals surface area contributed by atoms with E-state index in [0.717, 1.165) is 18.5 Å². The molecule has 11 heavy (non-hydrogen) atoms. The summed E-state index contributed by atoms with van der Waals surface area (Å²) in [6, 6.07) is 1.03. The van der Waals surface area contributed by atoms with Crippen LogP contribution in [0.4, 0.5) is 5.69 Å². The Hall–Kier alpha value is -0.0136. The average Bonchev–Trinajstić information content (AvgIpc) is 1.88. The Morgan fingerprint density at radius 2 is 2.18 bits per heavy atom. The van der Waals surface area contributed by atoms with Crippen LogP contribution in [0.2, 0.25) is 0 Å². The van der Waals surface area contributed by atoms with Gasteiger partial charge in [0.05, 0.1) is 17.2 Å². The zero-order valence-corrected chi connectivity index (χ0v) is 9.01. The third-order valence-corrected chi connectivity index (χ3v) is 0.920. The summed E-state index contributed by atoms with van der Waals surface area (Å²) < 4.78 is 0. The summed E-state index contributed by atoms with van der Waals surface area (Å²) in [5.41, 5.74) is -0.208. The van der Waals surface area contributed by atoms with Crippen LogP contribution < -0.4 is 0 Å². The first-order chi connectivity index (χ1) is 4.70. The quantitative estimate of drug-likeness (QED) is 0.382. The molecule has 0 saturated carbocycles. The summed E-state index contributed by atoms with van der Waals surface area (Å²) in [6.07, 6.45) is 2.20. The summed E-state index contributed by atoms with van der Waals surface area (Å²) in [4.78, 5) is 12.8.